The molecule has 0 aliphatic heterocycles. The monoisotopic (exact) mass is 275 g/mol. The van der Waals surface area contributed by atoms with Gasteiger partial charge in [0, 0.05) is 12.2 Å². The highest BCUT2D eigenvalue weighted by Gasteiger charge is 2.29. The van der Waals surface area contributed by atoms with Crippen molar-refractivity contribution in [1.29, 1.82) is 0 Å². The molecule has 0 saturated heterocycles. The molecule has 0 radical (unpaired) electrons. The maximum Gasteiger partial charge on any atom is 0.281 e. The van der Waals surface area contributed by atoms with Crippen LogP contribution in [-0.4, -0.2) is 15.9 Å². The van der Waals surface area contributed by atoms with Crippen molar-refractivity contribution in [2.24, 2.45) is 5.92 Å². The molecule has 1 aromatic carbocycles. The van der Waals surface area contributed by atoms with Gasteiger partial charge in [-0.05, 0) is 37.8 Å². The second kappa shape index (κ2) is 4.70. The predicted octanol–water partition coefficient (Wildman–Crippen LogP) is 3.49. The lowest BCUT2D eigenvalue weighted by Crippen LogP contribution is -2.18. The quantitative estimate of drug-likeness (QED) is 0.685. The van der Waals surface area contributed by atoms with Crippen LogP contribution in [0.15, 0.2) is 24.4 Å². The molecule has 6 heteroatoms. The molecule has 1 atom stereocenters. The zero-order chi connectivity index (χ0) is 14.3. The fourth-order valence-electron chi connectivity index (χ4n) is 2.42. The maximum atomic E-state index is 14.2. The number of hydrogen-bond donors (Lipinski definition) is 1. The lowest BCUT2D eigenvalue weighted by atomic mass is 10.1. The molecular formula is C14H14FN3O2. The van der Waals surface area contributed by atoms with E-state index in [1.807, 2.05) is 6.92 Å². The molecule has 1 heterocycles. The van der Waals surface area contributed by atoms with E-state index < -0.39 is 10.7 Å². The van der Waals surface area contributed by atoms with Gasteiger partial charge in [-0.25, -0.2) is 4.39 Å². The lowest BCUT2D eigenvalue weighted by Gasteiger charge is -2.16. The first-order valence-corrected chi connectivity index (χ1v) is 6.56. The molecule has 1 saturated carbocycles. The Hall–Kier alpha value is -2.24. The number of aromatic nitrogens is 1. The summed E-state index contributed by atoms with van der Waals surface area (Å²) in [5.74, 6) is -0.0845. The standard InChI is InChI=1S/C14H14FN3O2/c1-8(9-4-5-9)17-14-11(15)7-12(18(19)20)10-3-2-6-16-13(10)14/h2-3,6-9,17H,4-5H2,1H3. The number of hydrogen-bond acceptors (Lipinski definition) is 4. The average molecular weight is 275 g/mol. The number of rotatable bonds is 4. The average Bonchev–Trinajstić information content (AvgIpc) is 3.25. The molecule has 2 aromatic rings. The van der Waals surface area contributed by atoms with Gasteiger partial charge < -0.3 is 5.32 Å². The zero-order valence-corrected chi connectivity index (χ0v) is 11.0. The first-order valence-electron chi connectivity index (χ1n) is 6.56. The minimum absolute atomic E-state index is 0.135. The number of nitrogens with one attached hydrogen (secondary N) is 1. The van der Waals surface area contributed by atoms with Crippen molar-refractivity contribution in [2.75, 3.05) is 5.32 Å². The summed E-state index contributed by atoms with van der Waals surface area (Å²) in [5.41, 5.74) is 0.313. The molecular weight excluding hydrogens is 261 g/mol. The summed E-state index contributed by atoms with van der Waals surface area (Å²) in [6.45, 7) is 1.99. The normalized spacial score (nSPS) is 16.1. The summed E-state index contributed by atoms with van der Waals surface area (Å²) in [5, 5.41) is 14.5. The Kier molecular flexibility index (Phi) is 3.00. The van der Waals surface area contributed by atoms with Crippen molar-refractivity contribution in [1.82, 2.24) is 4.98 Å². The lowest BCUT2D eigenvalue weighted by molar-refractivity contribution is -0.383. The summed E-state index contributed by atoms with van der Waals surface area (Å²) in [7, 11) is 0. The minimum atomic E-state index is -0.629. The van der Waals surface area contributed by atoms with Crippen LogP contribution in [0.3, 0.4) is 0 Å². The number of anilines is 1. The van der Waals surface area contributed by atoms with Gasteiger partial charge in [-0.3, -0.25) is 15.1 Å². The van der Waals surface area contributed by atoms with Gasteiger partial charge >= 0.3 is 0 Å². The van der Waals surface area contributed by atoms with Gasteiger partial charge in [0.1, 0.15) is 5.52 Å². The van der Waals surface area contributed by atoms with Gasteiger partial charge in [-0.2, -0.15) is 0 Å². The Bertz CT molecular complexity index is 685. The Balaban J connectivity index is 2.13. The fourth-order valence-corrected chi connectivity index (χ4v) is 2.42. The molecule has 1 aliphatic rings. The van der Waals surface area contributed by atoms with E-state index in [0.29, 0.717) is 16.8 Å². The van der Waals surface area contributed by atoms with Crippen LogP contribution in [-0.2, 0) is 0 Å². The number of nitro groups is 1. The van der Waals surface area contributed by atoms with E-state index in [1.165, 1.54) is 6.20 Å². The Morgan fingerprint density at radius 1 is 1.55 bits per heavy atom. The molecule has 0 amide bonds. The van der Waals surface area contributed by atoms with E-state index >= 15 is 0 Å². The molecule has 1 aliphatic carbocycles. The molecule has 0 spiro atoms. The number of pyridine rings is 1. The van der Waals surface area contributed by atoms with Gasteiger partial charge in [0.15, 0.2) is 5.82 Å². The molecule has 104 valence electrons. The van der Waals surface area contributed by atoms with E-state index in [4.69, 9.17) is 0 Å². The van der Waals surface area contributed by atoms with Crippen LogP contribution in [0.2, 0.25) is 0 Å². The molecule has 20 heavy (non-hydrogen) atoms. The van der Waals surface area contributed by atoms with Crippen molar-refractivity contribution >= 4 is 22.3 Å². The number of fused-ring (bicyclic) bond motifs is 1. The largest absolute Gasteiger partial charge is 0.378 e. The molecule has 1 N–H and O–H groups in total. The molecule has 5 nitrogen and oxygen atoms in total. The molecule has 3 rings (SSSR count). The van der Waals surface area contributed by atoms with Gasteiger partial charge in [-0.15, -0.1) is 0 Å². The highest BCUT2D eigenvalue weighted by molar-refractivity contribution is 5.97. The van der Waals surface area contributed by atoms with Crippen LogP contribution < -0.4 is 5.32 Å². The second-order valence-electron chi connectivity index (χ2n) is 5.18. The third-order valence-corrected chi connectivity index (χ3v) is 3.72. The van der Waals surface area contributed by atoms with Crippen molar-refractivity contribution in [3.8, 4) is 0 Å². The minimum Gasteiger partial charge on any atom is -0.378 e. The summed E-state index contributed by atoms with van der Waals surface area (Å²) in [6, 6.07) is 4.30. The van der Waals surface area contributed by atoms with E-state index in [-0.39, 0.29) is 17.4 Å². The SMILES string of the molecule is CC(Nc1c(F)cc([N+](=O)[O-])c2cccnc12)C1CC1. The van der Waals surface area contributed by atoms with Crippen LogP contribution in [0.1, 0.15) is 19.8 Å². The fraction of sp³-hybridized carbons (Fsp3) is 0.357. The Labute approximate surface area is 115 Å². The highest BCUT2D eigenvalue weighted by Crippen LogP contribution is 2.37. The van der Waals surface area contributed by atoms with Gasteiger partial charge in [-0.1, -0.05) is 0 Å². The smallest absolute Gasteiger partial charge is 0.281 e. The van der Waals surface area contributed by atoms with Crippen LogP contribution in [0.5, 0.6) is 0 Å². The third kappa shape index (κ3) is 2.17. The maximum absolute atomic E-state index is 14.2. The number of benzene rings is 1. The first kappa shape index (κ1) is 12.8. The van der Waals surface area contributed by atoms with Gasteiger partial charge in [0.2, 0.25) is 0 Å². The van der Waals surface area contributed by atoms with Crippen molar-refractivity contribution < 1.29 is 9.31 Å². The molecule has 0 bridgehead atoms. The summed E-state index contributed by atoms with van der Waals surface area (Å²) < 4.78 is 14.2. The summed E-state index contributed by atoms with van der Waals surface area (Å²) in [4.78, 5) is 14.5. The van der Waals surface area contributed by atoms with E-state index in [0.717, 1.165) is 18.9 Å². The van der Waals surface area contributed by atoms with E-state index in [2.05, 4.69) is 10.3 Å². The van der Waals surface area contributed by atoms with E-state index in [1.54, 1.807) is 12.1 Å². The third-order valence-electron chi connectivity index (χ3n) is 3.72. The Morgan fingerprint density at radius 3 is 2.95 bits per heavy atom. The number of nitro benzene ring substituents is 1. The summed E-state index contributed by atoms with van der Waals surface area (Å²) >= 11 is 0. The van der Waals surface area contributed by atoms with Gasteiger partial charge in [0.05, 0.1) is 22.1 Å². The van der Waals surface area contributed by atoms with Crippen molar-refractivity contribution in [3.05, 3.63) is 40.3 Å². The molecule has 1 aromatic heterocycles. The second-order valence-corrected chi connectivity index (χ2v) is 5.18. The van der Waals surface area contributed by atoms with Gasteiger partial charge in [0.25, 0.3) is 5.69 Å². The predicted molar refractivity (Wildman–Crippen MR) is 74.2 cm³/mol. The van der Waals surface area contributed by atoms with Crippen LogP contribution in [0, 0.1) is 21.8 Å². The zero-order valence-electron chi connectivity index (χ0n) is 11.0. The summed E-state index contributed by atoms with van der Waals surface area (Å²) in [6.07, 6.45) is 3.78. The van der Waals surface area contributed by atoms with Crippen LogP contribution in [0.4, 0.5) is 15.8 Å². The first-order chi connectivity index (χ1) is 9.58. The highest BCUT2D eigenvalue weighted by atomic mass is 19.1. The number of nitrogens with zero attached hydrogens (tertiary/aromatic N) is 2. The van der Waals surface area contributed by atoms with Crippen molar-refractivity contribution in [3.63, 3.8) is 0 Å². The van der Waals surface area contributed by atoms with Crippen LogP contribution in [0.25, 0.3) is 10.9 Å². The molecule has 1 unspecified atom stereocenters. The molecule has 1 fully saturated rings. The number of halogens is 1. The van der Waals surface area contributed by atoms with E-state index in [9.17, 15) is 14.5 Å². The topological polar surface area (TPSA) is 68.1 Å². The number of non-ortho nitro benzene ring substituents is 1. The Morgan fingerprint density at radius 2 is 2.30 bits per heavy atom. The van der Waals surface area contributed by atoms with Crippen LogP contribution >= 0.6 is 0 Å². The van der Waals surface area contributed by atoms with Crippen molar-refractivity contribution in [2.45, 2.75) is 25.8 Å².